The fourth-order valence-corrected chi connectivity index (χ4v) is 2.39. The van der Waals surface area contributed by atoms with Crippen LogP contribution in [-0.2, 0) is 6.18 Å². The SMILES string of the molecule is N=C(CCC(=N)C(F)(F)C(=O)c1ccc(F)cc1F)c1ccc(C(F)(F)F)cc1. The Morgan fingerprint density at radius 2 is 1.45 bits per heavy atom. The molecule has 2 N–H and O–H groups in total. The number of hydrogen-bond donors (Lipinski definition) is 2. The molecule has 0 aromatic heterocycles. The van der Waals surface area contributed by atoms with Crippen LogP contribution >= 0.6 is 0 Å². The van der Waals surface area contributed by atoms with Crippen LogP contribution in [0.5, 0.6) is 0 Å². The van der Waals surface area contributed by atoms with E-state index in [9.17, 15) is 35.5 Å². The fourth-order valence-electron chi connectivity index (χ4n) is 2.39. The number of carbonyl (C=O) groups excluding carboxylic acids is 1. The van der Waals surface area contributed by atoms with E-state index < -0.39 is 59.2 Å². The molecule has 0 fully saturated rings. The molecule has 0 aliphatic heterocycles. The molecule has 0 amide bonds. The maximum Gasteiger partial charge on any atom is 0.416 e. The van der Waals surface area contributed by atoms with Gasteiger partial charge in [-0.15, -0.1) is 0 Å². The first-order valence-electron chi connectivity index (χ1n) is 8.04. The molecule has 29 heavy (non-hydrogen) atoms. The van der Waals surface area contributed by atoms with Crippen molar-refractivity contribution in [2.24, 2.45) is 0 Å². The van der Waals surface area contributed by atoms with Crippen molar-refractivity contribution in [2.75, 3.05) is 0 Å². The number of alkyl halides is 5. The lowest BCUT2D eigenvalue weighted by atomic mass is 9.96. The molecule has 0 atom stereocenters. The number of nitrogens with one attached hydrogen (secondary N) is 2. The molecule has 3 nitrogen and oxygen atoms in total. The highest BCUT2D eigenvalue weighted by Gasteiger charge is 2.44. The van der Waals surface area contributed by atoms with Crippen molar-refractivity contribution < 1.29 is 35.5 Å². The van der Waals surface area contributed by atoms with E-state index in [1.807, 2.05) is 0 Å². The minimum absolute atomic E-state index is 0.0324. The van der Waals surface area contributed by atoms with Gasteiger partial charge in [0.05, 0.1) is 16.8 Å². The molecule has 0 unspecified atom stereocenters. The Kier molecular flexibility index (Phi) is 6.24. The number of carbonyl (C=O) groups is 1. The Labute approximate surface area is 160 Å². The lowest BCUT2D eigenvalue weighted by Crippen LogP contribution is -2.38. The molecule has 2 aromatic rings. The van der Waals surface area contributed by atoms with E-state index in [2.05, 4.69) is 0 Å². The van der Waals surface area contributed by atoms with Crippen LogP contribution in [0, 0.1) is 22.5 Å². The Morgan fingerprint density at radius 3 is 1.97 bits per heavy atom. The molecule has 2 aromatic carbocycles. The van der Waals surface area contributed by atoms with E-state index in [0.717, 1.165) is 24.3 Å². The average Bonchev–Trinajstić information content (AvgIpc) is 2.64. The summed E-state index contributed by atoms with van der Waals surface area (Å²) >= 11 is 0. The van der Waals surface area contributed by atoms with Gasteiger partial charge in [0.1, 0.15) is 11.6 Å². The van der Waals surface area contributed by atoms with Gasteiger partial charge in [0.15, 0.2) is 0 Å². The first-order valence-corrected chi connectivity index (χ1v) is 8.04. The van der Waals surface area contributed by atoms with Gasteiger partial charge in [-0.25, -0.2) is 8.78 Å². The normalized spacial score (nSPS) is 12.0. The molecule has 0 saturated carbocycles. The molecular weight excluding hydrogens is 405 g/mol. The van der Waals surface area contributed by atoms with E-state index >= 15 is 0 Å². The third-order valence-corrected chi connectivity index (χ3v) is 4.03. The molecule has 2 rings (SSSR count). The van der Waals surface area contributed by atoms with Gasteiger partial charge in [-0.05, 0) is 42.7 Å². The maximum absolute atomic E-state index is 14.2. The molecule has 0 radical (unpaired) electrons. The van der Waals surface area contributed by atoms with E-state index in [4.69, 9.17) is 10.8 Å². The Balaban J connectivity index is 2.06. The smallest absolute Gasteiger partial charge is 0.305 e. The van der Waals surface area contributed by atoms with Crippen molar-refractivity contribution >= 4 is 17.2 Å². The van der Waals surface area contributed by atoms with Crippen LogP contribution in [0.15, 0.2) is 42.5 Å². The Hall–Kier alpha value is -3.04. The van der Waals surface area contributed by atoms with Gasteiger partial charge in [0.2, 0.25) is 5.78 Å². The quantitative estimate of drug-likeness (QED) is 0.340. The van der Waals surface area contributed by atoms with Crippen LogP contribution in [0.4, 0.5) is 30.7 Å². The number of halogens is 7. The zero-order valence-electron chi connectivity index (χ0n) is 14.5. The predicted molar refractivity (Wildman–Crippen MR) is 90.9 cm³/mol. The van der Waals surface area contributed by atoms with Gasteiger partial charge < -0.3 is 10.8 Å². The van der Waals surface area contributed by atoms with Gasteiger partial charge in [-0.3, -0.25) is 4.79 Å². The Morgan fingerprint density at radius 1 is 0.862 bits per heavy atom. The van der Waals surface area contributed by atoms with E-state index in [0.29, 0.717) is 12.1 Å². The highest BCUT2D eigenvalue weighted by molar-refractivity contribution is 6.17. The lowest BCUT2D eigenvalue weighted by molar-refractivity contribution is -0.137. The molecule has 0 bridgehead atoms. The Bertz CT molecular complexity index is 950. The second-order valence-electron chi connectivity index (χ2n) is 6.06. The van der Waals surface area contributed by atoms with Crippen LogP contribution < -0.4 is 0 Å². The zero-order valence-corrected chi connectivity index (χ0v) is 14.5. The number of hydrogen-bond acceptors (Lipinski definition) is 3. The largest absolute Gasteiger partial charge is 0.416 e. The highest BCUT2D eigenvalue weighted by Crippen LogP contribution is 2.30. The monoisotopic (exact) mass is 418 g/mol. The lowest BCUT2D eigenvalue weighted by Gasteiger charge is -2.17. The second kappa shape index (κ2) is 8.14. The molecular formula is C19H13F7N2O. The van der Waals surface area contributed by atoms with Crippen molar-refractivity contribution in [3.63, 3.8) is 0 Å². The first kappa shape index (κ1) is 22.3. The van der Waals surface area contributed by atoms with Crippen LogP contribution in [0.25, 0.3) is 0 Å². The molecule has 0 heterocycles. The van der Waals surface area contributed by atoms with Crippen molar-refractivity contribution in [1.82, 2.24) is 0 Å². The van der Waals surface area contributed by atoms with Gasteiger partial charge in [-0.2, -0.15) is 22.0 Å². The zero-order chi connectivity index (χ0) is 22.0. The van der Waals surface area contributed by atoms with E-state index in [1.165, 1.54) is 0 Å². The summed E-state index contributed by atoms with van der Waals surface area (Å²) in [5.74, 6) is -8.98. The number of Topliss-reactive ketones (excluding diaryl/α,β-unsaturated/α-hetero) is 1. The summed E-state index contributed by atoms with van der Waals surface area (Å²) < 4.78 is 92.4. The third-order valence-electron chi connectivity index (χ3n) is 4.03. The minimum Gasteiger partial charge on any atom is -0.305 e. The molecule has 0 aliphatic rings. The van der Waals surface area contributed by atoms with Gasteiger partial charge in [-0.1, -0.05) is 12.1 Å². The fraction of sp³-hybridized carbons (Fsp3) is 0.211. The summed E-state index contributed by atoms with van der Waals surface area (Å²) in [6, 6.07) is 4.86. The van der Waals surface area contributed by atoms with Crippen LogP contribution in [0.3, 0.4) is 0 Å². The molecule has 0 aliphatic carbocycles. The third kappa shape index (κ3) is 5.07. The summed E-state index contributed by atoms with van der Waals surface area (Å²) in [5, 5.41) is 15.2. The molecule has 10 heteroatoms. The van der Waals surface area contributed by atoms with E-state index in [1.54, 1.807) is 0 Å². The van der Waals surface area contributed by atoms with Crippen LogP contribution in [0.1, 0.15) is 34.3 Å². The van der Waals surface area contributed by atoms with Crippen molar-refractivity contribution in [1.29, 1.82) is 10.8 Å². The summed E-state index contributed by atoms with van der Waals surface area (Å²) in [6.45, 7) is 0. The summed E-state index contributed by atoms with van der Waals surface area (Å²) in [5.41, 5.74) is -3.72. The topological polar surface area (TPSA) is 64.8 Å². The van der Waals surface area contributed by atoms with Crippen molar-refractivity contribution in [3.05, 3.63) is 70.8 Å². The standard InChI is InChI=1S/C19H13F7N2O/c20-12-5-6-13(14(21)9-12)17(29)18(22,23)16(28)8-7-15(27)10-1-3-11(4-2-10)19(24,25)26/h1-6,9,27-28H,7-8H2. The van der Waals surface area contributed by atoms with Gasteiger partial charge >= 0.3 is 12.1 Å². The second-order valence-corrected chi connectivity index (χ2v) is 6.06. The van der Waals surface area contributed by atoms with Crippen LogP contribution in [-0.4, -0.2) is 23.1 Å². The highest BCUT2D eigenvalue weighted by atomic mass is 19.4. The summed E-state index contributed by atoms with van der Waals surface area (Å²) in [6.07, 6.45) is -5.79. The number of benzene rings is 2. The van der Waals surface area contributed by atoms with Gasteiger partial charge in [0.25, 0.3) is 0 Å². The number of ketones is 1. The molecule has 154 valence electrons. The molecule has 0 saturated heterocycles. The van der Waals surface area contributed by atoms with Crippen molar-refractivity contribution in [3.8, 4) is 0 Å². The minimum atomic E-state index is -4.57. The predicted octanol–water partition coefficient (Wildman–Crippen LogP) is 5.67. The number of rotatable bonds is 7. The van der Waals surface area contributed by atoms with Crippen LogP contribution in [0.2, 0.25) is 0 Å². The average molecular weight is 418 g/mol. The molecule has 0 spiro atoms. The summed E-state index contributed by atoms with van der Waals surface area (Å²) in [7, 11) is 0. The summed E-state index contributed by atoms with van der Waals surface area (Å²) in [4.78, 5) is 11.9. The maximum atomic E-state index is 14.2. The van der Waals surface area contributed by atoms with E-state index in [-0.39, 0.29) is 17.3 Å². The van der Waals surface area contributed by atoms with Crippen molar-refractivity contribution in [2.45, 2.75) is 24.9 Å². The first-order chi connectivity index (χ1) is 13.3. The van der Waals surface area contributed by atoms with Gasteiger partial charge in [0, 0.05) is 11.8 Å².